The van der Waals surface area contributed by atoms with E-state index in [4.69, 9.17) is 4.74 Å². The normalized spacial score (nSPS) is 17.9. The molecule has 0 N–H and O–H groups in total. The van der Waals surface area contributed by atoms with Gasteiger partial charge in [0.15, 0.2) is 0 Å². The van der Waals surface area contributed by atoms with Crippen molar-refractivity contribution >= 4 is 11.4 Å². The molecular formula is C32H34N2O. The van der Waals surface area contributed by atoms with Crippen molar-refractivity contribution in [3.8, 4) is 5.75 Å². The Bertz CT molecular complexity index is 1180. The van der Waals surface area contributed by atoms with Gasteiger partial charge < -0.3 is 9.64 Å². The van der Waals surface area contributed by atoms with Gasteiger partial charge in [-0.25, -0.2) is 0 Å². The van der Waals surface area contributed by atoms with E-state index in [9.17, 15) is 0 Å². The van der Waals surface area contributed by atoms with Crippen LogP contribution in [0.25, 0.3) is 0 Å². The molecule has 5 rings (SSSR count). The number of methoxy groups -OCH3 is 1. The zero-order chi connectivity index (χ0) is 23.9. The molecule has 4 aromatic carbocycles. The quantitative estimate of drug-likeness (QED) is 0.271. The van der Waals surface area contributed by atoms with Gasteiger partial charge in [-0.05, 0) is 53.6 Å². The summed E-state index contributed by atoms with van der Waals surface area (Å²) in [5.74, 6) is 2.03. The van der Waals surface area contributed by atoms with Crippen molar-refractivity contribution in [2.45, 2.75) is 13.0 Å². The van der Waals surface area contributed by atoms with Gasteiger partial charge in [-0.15, -0.1) is 0 Å². The lowest BCUT2D eigenvalue weighted by Gasteiger charge is -2.30. The Morgan fingerprint density at radius 1 is 0.686 bits per heavy atom. The molecule has 1 saturated heterocycles. The minimum atomic E-state index is 0.547. The van der Waals surface area contributed by atoms with Crippen LogP contribution in [0, 0.1) is 11.8 Å². The minimum absolute atomic E-state index is 0.547. The minimum Gasteiger partial charge on any atom is -0.497 e. The first kappa shape index (κ1) is 23.2. The average Bonchev–Trinajstić information content (AvgIpc) is 3.29. The van der Waals surface area contributed by atoms with Gasteiger partial charge >= 0.3 is 0 Å². The van der Waals surface area contributed by atoms with E-state index in [1.165, 1.54) is 22.5 Å². The molecule has 0 aliphatic carbocycles. The molecule has 0 aromatic heterocycles. The Labute approximate surface area is 209 Å². The van der Waals surface area contributed by atoms with E-state index in [2.05, 4.69) is 119 Å². The maximum atomic E-state index is 5.56. The van der Waals surface area contributed by atoms with E-state index in [-0.39, 0.29) is 0 Å². The molecule has 0 bridgehead atoms. The summed E-state index contributed by atoms with van der Waals surface area (Å²) in [6, 6.07) is 41.0. The first-order valence-corrected chi connectivity index (χ1v) is 12.6. The number of likely N-dealkylation sites (tertiary alicyclic amines) is 1. The zero-order valence-corrected chi connectivity index (χ0v) is 20.5. The Balaban J connectivity index is 1.42. The van der Waals surface area contributed by atoms with Gasteiger partial charge in [0.2, 0.25) is 0 Å². The van der Waals surface area contributed by atoms with Crippen LogP contribution in [0.5, 0.6) is 5.75 Å². The second kappa shape index (κ2) is 11.2. The summed E-state index contributed by atoms with van der Waals surface area (Å²) in [7, 11) is 1.74. The molecule has 35 heavy (non-hydrogen) atoms. The van der Waals surface area contributed by atoms with Gasteiger partial charge in [0, 0.05) is 43.6 Å². The van der Waals surface area contributed by atoms with E-state index in [0.717, 1.165) is 38.3 Å². The molecule has 1 heterocycles. The Morgan fingerprint density at radius 2 is 1.29 bits per heavy atom. The lowest BCUT2D eigenvalue weighted by Crippen LogP contribution is -2.30. The average molecular weight is 463 g/mol. The Hall–Kier alpha value is -3.56. The lowest BCUT2D eigenvalue weighted by molar-refractivity contribution is 0.313. The summed E-state index contributed by atoms with van der Waals surface area (Å²) >= 11 is 0. The summed E-state index contributed by atoms with van der Waals surface area (Å²) in [6.45, 7) is 4.20. The van der Waals surface area contributed by atoms with Crippen LogP contribution in [0.4, 0.5) is 11.4 Å². The fourth-order valence-corrected chi connectivity index (χ4v) is 5.34. The van der Waals surface area contributed by atoms with Gasteiger partial charge in [0.25, 0.3) is 0 Å². The molecule has 4 aromatic rings. The zero-order valence-electron chi connectivity index (χ0n) is 20.5. The monoisotopic (exact) mass is 462 g/mol. The summed E-state index contributed by atoms with van der Waals surface area (Å²) in [5.41, 5.74) is 5.22. The number of ether oxygens (including phenoxy) is 1. The second-order valence-corrected chi connectivity index (χ2v) is 9.54. The molecule has 0 amide bonds. The van der Waals surface area contributed by atoms with Gasteiger partial charge in [-0.3, -0.25) is 4.90 Å². The van der Waals surface area contributed by atoms with Crippen molar-refractivity contribution in [1.82, 2.24) is 4.90 Å². The number of rotatable bonds is 9. The number of anilines is 2. The molecule has 3 nitrogen and oxygen atoms in total. The summed E-state index contributed by atoms with van der Waals surface area (Å²) in [4.78, 5) is 5.11. The number of hydrogen-bond acceptors (Lipinski definition) is 3. The van der Waals surface area contributed by atoms with Crippen molar-refractivity contribution in [2.75, 3.05) is 31.6 Å². The van der Waals surface area contributed by atoms with Crippen LogP contribution < -0.4 is 9.64 Å². The molecule has 0 radical (unpaired) electrons. The van der Waals surface area contributed by atoms with Crippen LogP contribution >= 0.6 is 0 Å². The number of para-hydroxylation sites is 1. The predicted octanol–water partition coefficient (Wildman–Crippen LogP) is 6.82. The van der Waals surface area contributed by atoms with Crippen molar-refractivity contribution in [1.29, 1.82) is 0 Å². The topological polar surface area (TPSA) is 15.7 Å². The van der Waals surface area contributed by atoms with Crippen LogP contribution in [0.3, 0.4) is 0 Å². The lowest BCUT2D eigenvalue weighted by atomic mass is 9.89. The molecule has 1 aliphatic rings. The maximum absolute atomic E-state index is 5.56. The molecule has 2 atom stereocenters. The van der Waals surface area contributed by atoms with Crippen LogP contribution in [0.2, 0.25) is 0 Å². The smallest absolute Gasteiger partial charge is 0.120 e. The van der Waals surface area contributed by atoms with Crippen molar-refractivity contribution in [3.05, 3.63) is 126 Å². The second-order valence-electron chi connectivity index (χ2n) is 9.54. The standard InChI is InChI=1S/C32H34N2O/c1-35-32-19-11-18-31(21-32)34(30-16-9-4-10-17-30)25-29-24-33(22-27-14-7-3-8-15-27)23-28(29)20-26-12-5-2-6-13-26/h2-19,21,28-29H,20,22-25H2,1H3. The predicted molar refractivity (Wildman–Crippen MR) is 145 cm³/mol. The molecule has 1 fully saturated rings. The molecule has 0 spiro atoms. The van der Waals surface area contributed by atoms with Crippen LogP contribution in [-0.2, 0) is 13.0 Å². The van der Waals surface area contributed by atoms with Crippen molar-refractivity contribution in [3.63, 3.8) is 0 Å². The number of benzene rings is 4. The van der Waals surface area contributed by atoms with Crippen LogP contribution in [0.1, 0.15) is 11.1 Å². The highest BCUT2D eigenvalue weighted by atomic mass is 16.5. The Kier molecular flexibility index (Phi) is 7.45. The van der Waals surface area contributed by atoms with E-state index >= 15 is 0 Å². The maximum Gasteiger partial charge on any atom is 0.120 e. The highest BCUT2D eigenvalue weighted by Gasteiger charge is 2.34. The number of nitrogens with zero attached hydrogens (tertiary/aromatic N) is 2. The first-order valence-electron chi connectivity index (χ1n) is 12.6. The highest BCUT2D eigenvalue weighted by molar-refractivity contribution is 5.64. The first-order chi connectivity index (χ1) is 17.3. The van der Waals surface area contributed by atoms with E-state index in [1.807, 2.05) is 6.07 Å². The molecule has 178 valence electrons. The fraction of sp³-hybridized carbons (Fsp3) is 0.250. The van der Waals surface area contributed by atoms with Gasteiger partial charge in [-0.2, -0.15) is 0 Å². The summed E-state index contributed by atoms with van der Waals surface area (Å²) in [5, 5.41) is 0. The SMILES string of the molecule is COc1cccc(N(CC2CN(Cc3ccccc3)CC2Cc2ccccc2)c2ccccc2)c1. The molecule has 0 saturated carbocycles. The largest absolute Gasteiger partial charge is 0.497 e. The van der Waals surface area contributed by atoms with Crippen LogP contribution in [-0.4, -0.2) is 31.6 Å². The Morgan fingerprint density at radius 3 is 1.97 bits per heavy atom. The van der Waals surface area contributed by atoms with E-state index < -0.39 is 0 Å². The van der Waals surface area contributed by atoms with Crippen molar-refractivity contribution < 1.29 is 4.74 Å². The summed E-state index contributed by atoms with van der Waals surface area (Å²) in [6.07, 6.45) is 1.11. The third-order valence-corrected chi connectivity index (χ3v) is 7.09. The van der Waals surface area contributed by atoms with E-state index in [0.29, 0.717) is 11.8 Å². The molecule has 3 heteroatoms. The van der Waals surface area contributed by atoms with Crippen LogP contribution in [0.15, 0.2) is 115 Å². The van der Waals surface area contributed by atoms with Gasteiger partial charge in [-0.1, -0.05) is 84.9 Å². The van der Waals surface area contributed by atoms with Crippen molar-refractivity contribution in [2.24, 2.45) is 11.8 Å². The van der Waals surface area contributed by atoms with Gasteiger partial charge in [0.1, 0.15) is 5.75 Å². The summed E-state index contributed by atoms with van der Waals surface area (Å²) < 4.78 is 5.56. The molecular weight excluding hydrogens is 428 g/mol. The third kappa shape index (κ3) is 5.93. The molecule has 1 aliphatic heterocycles. The van der Waals surface area contributed by atoms with Gasteiger partial charge in [0.05, 0.1) is 7.11 Å². The van der Waals surface area contributed by atoms with E-state index in [1.54, 1.807) is 7.11 Å². The molecule has 2 unspecified atom stereocenters. The number of hydrogen-bond donors (Lipinski definition) is 0. The fourth-order valence-electron chi connectivity index (χ4n) is 5.34. The highest BCUT2D eigenvalue weighted by Crippen LogP contribution is 2.34. The third-order valence-electron chi connectivity index (χ3n) is 7.09.